The molecule has 1 heterocycles. The first-order valence-corrected chi connectivity index (χ1v) is 6.06. The summed E-state index contributed by atoms with van der Waals surface area (Å²) in [6.45, 7) is 3.84. The third-order valence-electron chi connectivity index (χ3n) is 2.75. The van der Waals surface area contributed by atoms with Crippen molar-refractivity contribution in [2.24, 2.45) is 5.73 Å². The Bertz CT molecular complexity index is 563. The molecule has 5 heteroatoms. The molecule has 0 amide bonds. The maximum atomic E-state index is 6.03. The van der Waals surface area contributed by atoms with Gasteiger partial charge in [0, 0.05) is 16.3 Å². The van der Waals surface area contributed by atoms with E-state index in [0.717, 1.165) is 28.5 Å². The Morgan fingerprint density at radius 2 is 2.17 bits per heavy atom. The number of rotatable bonds is 3. The lowest BCUT2D eigenvalue weighted by molar-refractivity contribution is 0.416. The van der Waals surface area contributed by atoms with Crippen molar-refractivity contribution in [2.45, 2.75) is 19.9 Å². The van der Waals surface area contributed by atoms with Crippen molar-refractivity contribution in [3.8, 4) is 17.0 Å². The largest absolute Gasteiger partial charge is 0.496 e. The smallest absolute Gasteiger partial charge is 0.128 e. The van der Waals surface area contributed by atoms with Crippen LogP contribution in [0.15, 0.2) is 18.2 Å². The van der Waals surface area contributed by atoms with Gasteiger partial charge in [-0.05, 0) is 32.0 Å². The van der Waals surface area contributed by atoms with E-state index < -0.39 is 0 Å². The average Bonchev–Trinajstić information content (AvgIpc) is 2.71. The topological polar surface area (TPSA) is 63.9 Å². The molecule has 0 aliphatic carbocycles. The van der Waals surface area contributed by atoms with Crippen LogP contribution in [0.3, 0.4) is 0 Å². The van der Waals surface area contributed by atoms with Crippen molar-refractivity contribution < 1.29 is 4.74 Å². The van der Waals surface area contributed by atoms with Gasteiger partial charge in [0.2, 0.25) is 0 Å². The molecule has 18 heavy (non-hydrogen) atoms. The highest BCUT2D eigenvalue weighted by atomic mass is 35.5. The van der Waals surface area contributed by atoms with E-state index in [1.165, 1.54) is 0 Å². The molecule has 4 nitrogen and oxygen atoms in total. The lowest BCUT2D eigenvalue weighted by atomic mass is 10.1. The zero-order valence-corrected chi connectivity index (χ0v) is 11.4. The molecule has 0 saturated heterocycles. The van der Waals surface area contributed by atoms with Crippen molar-refractivity contribution >= 4 is 11.6 Å². The fourth-order valence-corrected chi connectivity index (χ4v) is 2.00. The Labute approximate surface area is 111 Å². The van der Waals surface area contributed by atoms with E-state index in [4.69, 9.17) is 22.1 Å². The first-order valence-electron chi connectivity index (χ1n) is 5.69. The van der Waals surface area contributed by atoms with Crippen molar-refractivity contribution in [1.29, 1.82) is 0 Å². The van der Waals surface area contributed by atoms with E-state index in [0.29, 0.717) is 5.02 Å². The highest BCUT2D eigenvalue weighted by Gasteiger charge is 2.15. The first-order chi connectivity index (χ1) is 8.52. The van der Waals surface area contributed by atoms with E-state index in [1.807, 2.05) is 26.0 Å². The van der Waals surface area contributed by atoms with Crippen LogP contribution in [0.5, 0.6) is 5.75 Å². The summed E-state index contributed by atoms with van der Waals surface area (Å²) in [6.07, 6.45) is 0. The number of nitrogens with two attached hydrogens (primary N) is 1. The average molecular weight is 266 g/mol. The van der Waals surface area contributed by atoms with E-state index >= 15 is 0 Å². The molecule has 1 unspecified atom stereocenters. The van der Waals surface area contributed by atoms with Crippen LogP contribution in [-0.2, 0) is 0 Å². The molecule has 0 aliphatic rings. The van der Waals surface area contributed by atoms with Crippen LogP contribution in [0.2, 0.25) is 5.02 Å². The van der Waals surface area contributed by atoms with Crippen LogP contribution < -0.4 is 10.5 Å². The van der Waals surface area contributed by atoms with Gasteiger partial charge in [0.1, 0.15) is 11.6 Å². The van der Waals surface area contributed by atoms with E-state index in [9.17, 15) is 0 Å². The second-order valence-electron chi connectivity index (χ2n) is 4.23. The van der Waals surface area contributed by atoms with Gasteiger partial charge in [0.25, 0.3) is 0 Å². The van der Waals surface area contributed by atoms with Gasteiger partial charge in [0.15, 0.2) is 0 Å². The van der Waals surface area contributed by atoms with Gasteiger partial charge in [-0.1, -0.05) is 11.6 Å². The lowest BCUT2D eigenvalue weighted by Crippen LogP contribution is -2.06. The molecule has 1 atom stereocenters. The quantitative estimate of drug-likeness (QED) is 0.896. The Balaban J connectivity index is 2.57. The van der Waals surface area contributed by atoms with Crippen LogP contribution >= 0.6 is 11.6 Å². The van der Waals surface area contributed by atoms with Crippen LogP contribution in [0, 0.1) is 6.92 Å². The molecule has 2 aromatic rings. The SMILES string of the molecule is COc1ccc(Cl)cc1-c1nc(C(C)N)[nH]c1C. The number of aromatic nitrogens is 2. The van der Waals surface area contributed by atoms with E-state index in [2.05, 4.69) is 9.97 Å². The standard InChI is InChI=1S/C13H16ClN3O/c1-7(15)13-16-8(2)12(17-13)10-6-9(14)4-5-11(10)18-3/h4-7H,15H2,1-3H3,(H,16,17). The Kier molecular flexibility index (Phi) is 3.59. The molecule has 3 N–H and O–H groups in total. The van der Waals surface area contributed by atoms with Crippen molar-refractivity contribution in [1.82, 2.24) is 9.97 Å². The van der Waals surface area contributed by atoms with Crippen molar-refractivity contribution in [3.05, 3.63) is 34.7 Å². The third-order valence-corrected chi connectivity index (χ3v) is 2.99. The van der Waals surface area contributed by atoms with Gasteiger partial charge in [-0.3, -0.25) is 0 Å². The van der Waals surface area contributed by atoms with E-state index in [1.54, 1.807) is 13.2 Å². The predicted octanol–water partition coefficient (Wildman–Crippen LogP) is 3.07. The second kappa shape index (κ2) is 5.00. The molecule has 0 saturated carbocycles. The third kappa shape index (κ3) is 2.35. The van der Waals surface area contributed by atoms with E-state index in [-0.39, 0.29) is 6.04 Å². The Morgan fingerprint density at radius 3 is 2.72 bits per heavy atom. The Morgan fingerprint density at radius 1 is 1.44 bits per heavy atom. The molecule has 0 radical (unpaired) electrons. The number of nitrogens with zero attached hydrogens (tertiary/aromatic N) is 1. The maximum Gasteiger partial charge on any atom is 0.128 e. The number of benzene rings is 1. The molecule has 0 spiro atoms. The van der Waals surface area contributed by atoms with Crippen LogP contribution in [-0.4, -0.2) is 17.1 Å². The summed E-state index contributed by atoms with van der Waals surface area (Å²) in [7, 11) is 1.63. The monoisotopic (exact) mass is 265 g/mol. The second-order valence-corrected chi connectivity index (χ2v) is 4.67. The van der Waals surface area contributed by atoms with Gasteiger partial charge in [-0.25, -0.2) is 4.98 Å². The minimum absolute atomic E-state index is 0.136. The number of hydrogen-bond acceptors (Lipinski definition) is 3. The van der Waals surface area contributed by atoms with Gasteiger partial charge in [-0.2, -0.15) is 0 Å². The van der Waals surface area contributed by atoms with Gasteiger partial charge in [-0.15, -0.1) is 0 Å². The molecule has 0 aliphatic heterocycles. The summed E-state index contributed by atoms with van der Waals surface area (Å²) < 4.78 is 5.34. The molecular weight excluding hydrogens is 250 g/mol. The highest BCUT2D eigenvalue weighted by Crippen LogP contribution is 2.33. The number of aromatic amines is 1. The van der Waals surface area contributed by atoms with Crippen molar-refractivity contribution in [3.63, 3.8) is 0 Å². The summed E-state index contributed by atoms with van der Waals surface area (Å²) in [5, 5.41) is 0.649. The maximum absolute atomic E-state index is 6.03. The van der Waals surface area contributed by atoms with Crippen LogP contribution in [0.1, 0.15) is 24.5 Å². The molecule has 1 aromatic carbocycles. The molecule has 0 fully saturated rings. The Hall–Kier alpha value is -1.52. The minimum atomic E-state index is -0.136. The number of nitrogens with one attached hydrogen (secondary N) is 1. The molecular formula is C13H16ClN3O. The number of methoxy groups -OCH3 is 1. The summed E-state index contributed by atoms with van der Waals surface area (Å²) in [5.74, 6) is 1.50. The number of H-pyrrole nitrogens is 1. The highest BCUT2D eigenvalue weighted by molar-refractivity contribution is 6.31. The fraction of sp³-hybridized carbons (Fsp3) is 0.308. The first kappa shape index (κ1) is 12.9. The van der Waals surface area contributed by atoms with Crippen LogP contribution in [0.4, 0.5) is 0 Å². The predicted molar refractivity (Wildman–Crippen MR) is 72.9 cm³/mol. The molecule has 2 rings (SSSR count). The van der Waals surface area contributed by atoms with Gasteiger partial charge < -0.3 is 15.5 Å². The minimum Gasteiger partial charge on any atom is -0.496 e. The summed E-state index contributed by atoms with van der Waals surface area (Å²) >= 11 is 6.03. The number of aryl methyl sites for hydroxylation is 1. The number of hydrogen-bond donors (Lipinski definition) is 2. The zero-order valence-electron chi connectivity index (χ0n) is 10.6. The lowest BCUT2D eigenvalue weighted by Gasteiger charge is -2.07. The number of imidazole rings is 1. The summed E-state index contributed by atoms with van der Waals surface area (Å²) in [6, 6.07) is 5.33. The number of ether oxygens (including phenoxy) is 1. The number of halogens is 1. The zero-order chi connectivity index (χ0) is 13.3. The normalized spacial score (nSPS) is 12.5. The molecule has 0 bridgehead atoms. The fourth-order valence-electron chi connectivity index (χ4n) is 1.83. The summed E-state index contributed by atoms with van der Waals surface area (Å²) in [4.78, 5) is 7.69. The molecule has 96 valence electrons. The van der Waals surface area contributed by atoms with Crippen LogP contribution in [0.25, 0.3) is 11.3 Å². The molecule has 1 aromatic heterocycles. The van der Waals surface area contributed by atoms with Crippen molar-refractivity contribution in [2.75, 3.05) is 7.11 Å². The summed E-state index contributed by atoms with van der Waals surface area (Å²) in [5.41, 5.74) is 8.46. The van der Waals surface area contributed by atoms with Gasteiger partial charge >= 0.3 is 0 Å². The van der Waals surface area contributed by atoms with Gasteiger partial charge in [0.05, 0.1) is 18.8 Å².